The van der Waals surface area contributed by atoms with Crippen LogP contribution in [0.3, 0.4) is 0 Å². The molecule has 14 heavy (non-hydrogen) atoms. The molecule has 0 saturated heterocycles. The predicted molar refractivity (Wildman–Crippen MR) is 55.2 cm³/mol. The summed E-state index contributed by atoms with van der Waals surface area (Å²) in [4.78, 5) is 0. The van der Waals surface area contributed by atoms with Gasteiger partial charge in [-0.15, -0.1) is 0 Å². The van der Waals surface area contributed by atoms with Crippen molar-refractivity contribution < 1.29 is 9.84 Å². The van der Waals surface area contributed by atoms with E-state index in [-0.39, 0.29) is 6.61 Å². The number of para-hydroxylation sites is 1. The number of aliphatic hydroxyl groups is 1. The molecule has 0 unspecified atom stereocenters. The van der Waals surface area contributed by atoms with Crippen molar-refractivity contribution in [2.75, 3.05) is 0 Å². The predicted octanol–water partition coefficient (Wildman–Crippen LogP) is 2.50. The molecule has 1 aliphatic carbocycles. The van der Waals surface area contributed by atoms with Crippen LogP contribution >= 0.6 is 0 Å². The zero-order valence-electron chi connectivity index (χ0n) is 8.28. The van der Waals surface area contributed by atoms with Crippen LogP contribution in [0.5, 0.6) is 5.75 Å². The van der Waals surface area contributed by atoms with Crippen LogP contribution in [-0.2, 0) is 6.61 Å². The zero-order chi connectivity index (χ0) is 9.80. The highest BCUT2D eigenvalue weighted by atomic mass is 16.5. The second-order valence-corrected chi connectivity index (χ2v) is 3.79. The van der Waals surface area contributed by atoms with E-state index in [4.69, 9.17) is 9.84 Å². The third-order valence-electron chi connectivity index (χ3n) is 2.74. The van der Waals surface area contributed by atoms with Gasteiger partial charge in [0.05, 0.1) is 12.7 Å². The fourth-order valence-corrected chi connectivity index (χ4v) is 1.94. The van der Waals surface area contributed by atoms with Crippen LogP contribution in [0.4, 0.5) is 0 Å². The number of rotatable bonds is 3. The van der Waals surface area contributed by atoms with Gasteiger partial charge in [0.2, 0.25) is 0 Å². The van der Waals surface area contributed by atoms with Crippen molar-refractivity contribution in [1.82, 2.24) is 0 Å². The van der Waals surface area contributed by atoms with Crippen molar-refractivity contribution in [2.24, 2.45) is 0 Å². The van der Waals surface area contributed by atoms with Crippen molar-refractivity contribution in [3.63, 3.8) is 0 Å². The minimum absolute atomic E-state index is 0.0584. The van der Waals surface area contributed by atoms with Gasteiger partial charge >= 0.3 is 0 Å². The average molecular weight is 192 g/mol. The van der Waals surface area contributed by atoms with Crippen LogP contribution in [0, 0.1) is 0 Å². The fraction of sp³-hybridized carbons (Fsp3) is 0.500. The minimum atomic E-state index is 0.0584. The molecule has 0 radical (unpaired) electrons. The van der Waals surface area contributed by atoms with Crippen molar-refractivity contribution >= 4 is 0 Å². The molecule has 0 bridgehead atoms. The summed E-state index contributed by atoms with van der Waals surface area (Å²) >= 11 is 0. The topological polar surface area (TPSA) is 29.5 Å². The van der Waals surface area contributed by atoms with Crippen LogP contribution in [0.1, 0.15) is 31.2 Å². The third-order valence-corrected chi connectivity index (χ3v) is 2.74. The quantitative estimate of drug-likeness (QED) is 0.797. The van der Waals surface area contributed by atoms with Gasteiger partial charge in [0, 0.05) is 5.56 Å². The van der Waals surface area contributed by atoms with Gasteiger partial charge in [-0.2, -0.15) is 0 Å². The highest BCUT2D eigenvalue weighted by Gasteiger charge is 2.17. The standard InChI is InChI=1S/C12H16O2/c13-9-10-5-1-4-8-12(10)14-11-6-2-3-7-11/h1,4-5,8,11,13H,2-3,6-7,9H2. The maximum Gasteiger partial charge on any atom is 0.125 e. The Kier molecular flexibility index (Phi) is 3.04. The van der Waals surface area contributed by atoms with Crippen LogP contribution < -0.4 is 4.74 Å². The molecule has 1 fully saturated rings. The van der Waals surface area contributed by atoms with Crippen LogP contribution in [0.25, 0.3) is 0 Å². The molecule has 0 heterocycles. The smallest absolute Gasteiger partial charge is 0.125 e. The maximum atomic E-state index is 9.11. The van der Waals surface area contributed by atoms with Gasteiger partial charge < -0.3 is 9.84 Å². The maximum absolute atomic E-state index is 9.11. The average Bonchev–Trinajstić information content (AvgIpc) is 2.71. The Bertz CT molecular complexity index is 290. The first-order valence-corrected chi connectivity index (χ1v) is 5.25. The normalized spacial score (nSPS) is 17.2. The molecule has 2 rings (SSSR count). The van der Waals surface area contributed by atoms with Crippen LogP contribution in [-0.4, -0.2) is 11.2 Å². The summed E-state index contributed by atoms with van der Waals surface area (Å²) in [6, 6.07) is 7.71. The third kappa shape index (κ3) is 2.07. The Morgan fingerprint density at radius 3 is 2.64 bits per heavy atom. The molecule has 1 aromatic carbocycles. The van der Waals surface area contributed by atoms with Crippen molar-refractivity contribution in [3.05, 3.63) is 29.8 Å². The molecular weight excluding hydrogens is 176 g/mol. The molecule has 0 aliphatic heterocycles. The molecule has 0 aromatic heterocycles. The van der Waals surface area contributed by atoms with E-state index in [1.165, 1.54) is 12.8 Å². The van der Waals surface area contributed by atoms with E-state index in [0.717, 1.165) is 24.2 Å². The SMILES string of the molecule is OCc1ccccc1OC1CCCC1. The van der Waals surface area contributed by atoms with Gasteiger partial charge in [0.25, 0.3) is 0 Å². The first kappa shape index (κ1) is 9.53. The van der Waals surface area contributed by atoms with Gasteiger partial charge in [-0.3, -0.25) is 0 Å². The lowest BCUT2D eigenvalue weighted by molar-refractivity contribution is 0.199. The molecule has 2 heteroatoms. The van der Waals surface area contributed by atoms with E-state index < -0.39 is 0 Å². The Morgan fingerprint density at radius 2 is 1.93 bits per heavy atom. The number of hydrogen-bond acceptors (Lipinski definition) is 2. The largest absolute Gasteiger partial charge is 0.490 e. The summed E-state index contributed by atoms with van der Waals surface area (Å²) in [5.41, 5.74) is 0.888. The highest BCUT2D eigenvalue weighted by molar-refractivity contribution is 5.32. The van der Waals surface area contributed by atoms with Crippen molar-refractivity contribution in [2.45, 2.75) is 38.4 Å². The second kappa shape index (κ2) is 4.47. The van der Waals surface area contributed by atoms with E-state index in [2.05, 4.69) is 0 Å². The fourth-order valence-electron chi connectivity index (χ4n) is 1.94. The Morgan fingerprint density at radius 1 is 1.21 bits per heavy atom. The number of aliphatic hydroxyl groups excluding tert-OH is 1. The molecule has 1 aromatic rings. The summed E-state index contributed by atoms with van der Waals surface area (Å²) in [6.45, 7) is 0.0584. The monoisotopic (exact) mass is 192 g/mol. The minimum Gasteiger partial charge on any atom is -0.490 e. The molecule has 76 valence electrons. The van der Waals surface area contributed by atoms with Gasteiger partial charge in [-0.05, 0) is 31.7 Å². The summed E-state index contributed by atoms with van der Waals surface area (Å²) in [7, 11) is 0. The second-order valence-electron chi connectivity index (χ2n) is 3.79. The van der Waals surface area contributed by atoms with Gasteiger partial charge in [-0.1, -0.05) is 18.2 Å². The lowest BCUT2D eigenvalue weighted by Gasteiger charge is -2.15. The van der Waals surface area contributed by atoms with Crippen LogP contribution in [0.15, 0.2) is 24.3 Å². The molecule has 0 spiro atoms. The summed E-state index contributed by atoms with van der Waals surface area (Å²) in [5, 5.41) is 9.11. The van der Waals surface area contributed by atoms with Crippen molar-refractivity contribution in [1.29, 1.82) is 0 Å². The molecule has 0 atom stereocenters. The van der Waals surface area contributed by atoms with Crippen molar-refractivity contribution in [3.8, 4) is 5.75 Å². The summed E-state index contributed by atoms with van der Waals surface area (Å²) in [5.74, 6) is 0.849. The molecule has 2 nitrogen and oxygen atoms in total. The number of ether oxygens (including phenoxy) is 1. The first-order valence-electron chi connectivity index (χ1n) is 5.25. The van der Waals surface area contributed by atoms with Gasteiger partial charge in [0.15, 0.2) is 0 Å². The Balaban J connectivity index is 2.07. The highest BCUT2D eigenvalue weighted by Crippen LogP contribution is 2.26. The molecular formula is C12H16O2. The summed E-state index contributed by atoms with van der Waals surface area (Å²) < 4.78 is 5.84. The summed E-state index contributed by atoms with van der Waals surface area (Å²) in [6.07, 6.45) is 5.21. The number of benzene rings is 1. The molecule has 0 amide bonds. The Labute approximate surface area is 84.5 Å². The van der Waals surface area contributed by atoms with E-state index in [9.17, 15) is 0 Å². The lowest BCUT2D eigenvalue weighted by atomic mass is 10.2. The Hall–Kier alpha value is -1.02. The first-order chi connectivity index (χ1) is 6.90. The van der Waals surface area contributed by atoms with Gasteiger partial charge in [-0.25, -0.2) is 0 Å². The molecule has 1 N–H and O–H groups in total. The molecule has 1 saturated carbocycles. The molecule has 1 aliphatic rings. The number of hydrogen-bond donors (Lipinski definition) is 1. The van der Waals surface area contributed by atoms with E-state index in [1.54, 1.807) is 0 Å². The van der Waals surface area contributed by atoms with E-state index in [0.29, 0.717) is 6.10 Å². The van der Waals surface area contributed by atoms with E-state index >= 15 is 0 Å². The van der Waals surface area contributed by atoms with E-state index in [1.807, 2.05) is 24.3 Å². The zero-order valence-corrected chi connectivity index (χ0v) is 8.28. The lowest BCUT2D eigenvalue weighted by Crippen LogP contribution is -2.12. The van der Waals surface area contributed by atoms with Crippen LogP contribution in [0.2, 0.25) is 0 Å². The van der Waals surface area contributed by atoms with Gasteiger partial charge in [0.1, 0.15) is 5.75 Å².